The summed E-state index contributed by atoms with van der Waals surface area (Å²) in [6, 6.07) is 0. The van der Waals surface area contributed by atoms with Crippen LogP contribution in [0.5, 0.6) is 0 Å². The first-order valence-corrected chi connectivity index (χ1v) is 8.98. The Morgan fingerprint density at radius 2 is 0.300 bits per heavy atom. The molecule has 132 valence electrons. The van der Waals surface area contributed by atoms with Crippen molar-refractivity contribution in [2.24, 2.45) is 0 Å². The molecule has 0 rings (SSSR count). The third-order valence-corrected chi connectivity index (χ3v) is 0.667. The van der Waals surface area contributed by atoms with Crippen molar-refractivity contribution in [3.63, 3.8) is 0 Å². The second kappa shape index (κ2) is 466. The minimum absolute atomic E-state index is 2.00. The van der Waals surface area contributed by atoms with Gasteiger partial charge < -0.3 is 0 Å². The molecule has 0 aromatic carbocycles. The monoisotopic (exact) mass is 292 g/mol. The summed E-state index contributed by atoms with van der Waals surface area (Å²) in [6.45, 7) is 32.0. The molecule has 0 radical (unpaired) electrons. The molecule has 0 atom stereocenters. The van der Waals surface area contributed by atoms with Gasteiger partial charge in [0.2, 0.25) is 0 Å². The van der Waals surface area contributed by atoms with Gasteiger partial charge in [-0.2, -0.15) is 0 Å². The van der Waals surface area contributed by atoms with Crippen molar-refractivity contribution in [3.05, 3.63) is 24.3 Å². The van der Waals surface area contributed by atoms with Gasteiger partial charge in [0.1, 0.15) is 0 Å². The Morgan fingerprint density at radius 1 is 0.250 bits per heavy atom. The minimum atomic E-state index is 2.00. The summed E-state index contributed by atoms with van der Waals surface area (Å²) in [7, 11) is 0. The summed E-state index contributed by atoms with van der Waals surface area (Å²) in [6.07, 6.45) is 8.00. The van der Waals surface area contributed by atoms with Gasteiger partial charge in [0.15, 0.2) is 0 Å². The molecule has 20 heavy (non-hydrogen) atoms. The smallest absolute Gasteiger partial charge is 0.0470 e. The molecule has 0 saturated heterocycles. The Morgan fingerprint density at radius 3 is 0.300 bits per heavy atom. The first-order valence-electron chi connectivity index (χ1n) is 8.98. The van der Waals surface area contributed by atoms with Crippen LogP contribution in [0.1, 0.15) is 111 Å². The Labute approximate surface area is 135 Å². The summed E-state index contributed by atoms with van der Waals surface area (Å²) in [4.78, 5) is 0. The summed E-state index contributed by atoms with van der Waals surface area (Å²) in [5, 5.41) is 0. The van der Waals surface area contributed by atoms with Crippen LogP contribution < -0.4 is 0 Å². The fourth-order valence-electron chi connectivity index (χ4n) is 0. The third-order valence-electron chi connectivity index (χ3n) is 0.667. The quantitative estimate of drug-likeness (QED) is 0.390. The van der Waals surface area contributed by atoms with Gasteiger partial charge in [-0.1, -0.05) is 107 Å². The van der Waals surface area contributed by atoms with E-state index in [-0.39, 0.29) is 0 Å². The van der Waals surface area contributed by atoms with E-state index in [1.807, 2.05) is 135 Å². The van der Waals surface area contributed by atoms with Crippen LogP contribution >= 0.6 is 0 Å². The minimum Gasteiger partial charge on any atom is -0.0919 e. The molecular weight excluding hydrogens is 240 g/mol. The maximum absolute atomic E-state index is 2.00. The Kier molecular flexibility index (Phi) is 1180. The van der Waals surface area contributed by atoms with Crippen molar-refractivity contribution >= 4 is 0 Å². The lowest BCUT2D eigenvalue weighted by Crippen LogP contribution is -1.26. The van der Waals surface area contributed by atoms with Crippen LogP contribution in [0.15, 0.2) is 24.3 Å². The Balaban J connectivity index is -0.0000000142. The highest BCUT2D eigenvalue weighted by molar-refractivity contribution is 4.68. The van der Waals surface area contributed by atoms with E-state index >= 15 is 0 Å². The second-order valence-electron chi connectivity index (χ2n) is 1.33. The van der Waals surface area contributed by atoms with Gasteiger partial charge in [0, 0.05) is 0 Å². The van der Waals surface area contributed by atoms with Crippen molar-refractivity contribution in [1.29, 1.82) is 0 Å². The summed E-state index contributed by atoms with van der Waals surface area (Å²) in [5.74, 6) is 0. The normalized spacial score (nSPS) is 5.60. The van der Waals surface area contributed by atoms with Crippen LogP contribution in [0.4, 0.5) is 0 Å². The van der Waals surface area contributed by atoms with Crippen molar-refractivity contribution in [2.75, 3.05) is 0 Å². The maximum Gasteiger partial charge on any atom is -0.0470 e. The molecule has 0 fully saturated rings. The van der Waals surface area contributed by atoms with E-state index in [4.69, 9.17) is 0 Å². The van der Waals surface area contributed by atoms with E-state index in [1.165, 1.54) is 0 Å². The zero-order valence-electron chi connectivity index (χ0n) is 18.3. The highest BCUT2D eigenvalue weighted by atomic mass is 13.4. The average molecular weight is 293 g/mol. The van der Waals surface area contributed by atoms with Crippen LogP contribution in [0, 0.1) is 0 Å². The molecule has 0 aromatic rings. The number of allylic oxidation sites excluding steroid dienone is 4. The highest BCUT2D eigenvalue weighted by Gasteiger charge is 1.34. The van der Waals surface area contributed by atoms with Crippen LogP contribution in [-0.4, -0.2) is 0 Å². The fraction of sp³-hybridized carbons (Fsp3) is 0.800. The zero-order chi connectivity index (χ0) is 18.8. The van der Waals surface area contributed by atoms with Gasteiger partial charge >= 0.3 is 0 Å². The van der Waals surface area contributed by atoms with E-state index in [0.29, 0.717) is 0 Å². The van der Waals surface area contributed by atoms with Crippen LogP contribution in [0.25, 0.3) is 0 Å². The Bertz CT molecular complexity index is 40.4. The standard InChI is InChI=1S/2C4H8.6C2H6/c2*1-3-4-2;6*1-2/h2*3-4H,1-2H3;6*1-2H3/b2*4-3-;;;;;;. The van der Waals surface area contributed by atoms with Gasteiger partial charge in [0.25, 0.3) is 0 Å². The fourth-order valence-corrected chi connectivity index (χ4v) is 0. The molecule has 0 aromatic heterocycles. The zero-order valence-corrected chi connectivity index (χ0v) is 18.3. The molecule has 0 saturated carbocycles. The van der Waals surface area contributed by atoms with Crippen LogP contribution in [-0.2, 0) is 0 Å². The van der Waals surface area contributed by atoms with Crippen LogP contribution in [0.2, 0.25) is 0 Å². The van der Waals surface area contributed by atoms with Crippen molar-refractivity contribution in [1.82, 2.24) is 0 Å². The van der Waals surface area contributed by atoms with E-state index < -0.39 is 0 Å². The molecule has 0 aliphatic rings. The van der Waals surface area contributed by atoms with Crippen molar-refractivity contribution < 1.29 is 0 Å². The van der Waals surface area contributed by atoms with E-state index in [2.05, 4.69) is 0 Å². The molecule has 0 heterocycles. The van der Waals surface area contributed by atoms with Gasteiger partial charge in [-0.15, -0.1) is 0 Å². The van der Waals surface area contributed by atoms with E-state index in [0.717, 1.165) is 0 Å². The van der Waals surface area contributed by atoms with E-state index in [9.17, 15) is 0 Å². The van der Waals surface area contributed by atoms with Gasteiger partial charge in [-0.3, -0.25) is 0 Å². The molecule has 0 aliphatic carbocycles. The molecule has 0 spiro atoms. The van der Waals surface area contributed by atoms with Gasteiger partial charge in [-0.25, -0.2) is 0 Å². The largest absolute Gasteiger partial charge is 0.0919 e. The first kappa shape index (κ1) is 50.5. The summed E-state index contributed by atoms with van der Waals surface area (Å²) < 4.78 is 0. The van der Waals surface area contributed by atoms with E-state index in [1.54, 1.807) is 0 Å². The average Bonchev–Trinajstić information content (AvgIpc) is 2.65. The third kappa shape index (κ3) is 2170. The first-order chi connectivity index (χ1) is 9.83. The maximum atomic E-state index is 2.00. The molecule has 0 bridgehead atoms. The summed E-state index contributed by atoms with van der Waals surface area (Å²) in [5.41, 5.74) is 0. The number of hydrogen-bond donors (Lipinski definition) is 0. The summed E-state index contributed by atoms with van der Waals surface area (Å²) >= 11 is 0. The Hall–Kier alpha value is -0.520. The predicted octanol–water partition coefficient (Wildman–Crippen LogP) is 9.32. The lowest BCUT2D eigenvalue weighted by Gasteiger charge is -1.49. The van der Waals surface area contributed by atoms with Crippen molar-refractivity contribution in [2.45, 2.75) is 111 Å². The topological polar surface area (TPSA) is 0 Å². The van der Waals surface area contributed by atoms with Gasteiger partial charge in [-0.05, 0) is 27.7 Å². The molecule has 0 heteroatoms. The number of hydrogen-bond acceptors (Lipinski definition) is 0. The molecule has 0 unspecified atom stereocenters. The van der Waals surface area contributed by atoms with Gasteiger partial charge in [0.05, 0.1) is 0 Å². The molecular formula is C20H52. The highest BCUT2D eigenvalue weighted by Crippen LogP contribution is 1.57. The molecule has 0 aliphatic heterocycles. The lowest BCUT2D eigenvalue weighted by molar-refractivity contribution is 1.50. The molecule has 0 amide bonds. The second-order valence-corrected chi connectivity index (χ2v) is 1.33. The SMILES string of the molecule is C/C=C\C.C/C=C\C.CC.CC.CC.CC.CC.CC. The molecule has 0 N–H and O–H groups in total. The number of rotatable bonds is 0. The lowest BCUT2D eigenvalue weighted by atomic mass is 10.6. The van der Waals surface area contributed by atoms with Crippen molar-refractivity contribution in [3.8, 4) is 0 Å². The van der Waals surface area contributed by atoms with Crippen LogP contribution in [0.3, 0.4) is 0 Å². The predicted molar refractivity (Wildman–Crippen MR) is 109 cm³/mol. The molecule has 0 nitrogen and oxygen atoms in total.